The average molecular weight is 258 g/mol. The van der Waals surface area contributed by atoms with Crippen molar-refractivity contribution >= 4 is 11.9 Å². The van der Waals surface area contributed by atoms with Crippen LogP contribution in [0, 0.1) is 0 Å². The largest absolute Gasteiger partial charge is 0.480 e. The third kappa shape index (κ3) is 7.03. The van der Waals surface area contributed by atoms with Crippen molar-refractivity contribution in [2.45, 2.75) is 45.6 Å². The fourth-order valence-corrected chi connectivity index (χ4v) is 1.45. The maximum Gasteiger partial charge on any atom is 0.320 e. The van der Waals surface area contributed by atoms with Crippen LogP contribution in [0.3, 0.4) is 0 Å². The monoisotopic (exact) mass is 258 g/mol. The van der Waals surface area contributed by atoms with E-state index < -0.39 is 17.9 Å². The van der Waals surface area contributed by atoms with Gasteiger partial charge in [-0.25, -0.2) is 5.06 Å². The quantitative estimate of drug-likeness (QED) is 0.344. The molecule has 6 nitrogen and oxygen atoms in total. The fraction of sp³-hybridized carbons (Fsp3) is 0.667. The lowest BCUT2D eigenvalue weighted by Crippen LogP contribution is -2.32. The van der Waals surface area contributed by atoms with Crippen molar-refractivity contribution in [2.75, 3.05) is 6.54 Å². The molecule has 0 saturated carbocycles. The third-order valence-electron chi connectivity index (χ3n) is 2.47. The second-order valence-corrected chi connectivity index (χ2v) is 4.29. The van der Waals surface area contributed by atoms with E-state index >= 15 is 0 Å². The molecule has 6 heteroatoms. The van der Waals surface area contributed by atoms with Crippen LogP contribution in [0.1, 0.15) is 39.5 Å². The van der Waals surface area contributed by atoms with E-state index in [2.05, 4.69) is 0 Å². The molecule has 0 aliphatic carbocycles. The summed E-state index contributed by atoms with van der Waals surface area (Å²) < 4.78 is 0. The van der Waals surface area contributed by atoms with Gasteiger partial charge < -0.3 is 10.8 Å². The first-order valence-electron chi connectivity index (χ1n) is 6.04. The van der Waals surface area contributed by atoms with E-state index in [1.54, 1.807) is 0 Å². The number of hydrogen-bond acceptors (Lipinski definition) is 4. The fourth-order valence-electron chi connectivity index (χ4n) is 1.45. The maximum atomic E-state index is 11.5. The summed E-state index contributed by atoms with van der Waals surface area (Å²) in [6.07, 6.45) is 3.70. The first-order chi connectivity index (χ1) is 8.38. The summed E-state index contributed by atoms with van der Waals surface area (Å²) in [6.45, 7) is 3.91. The molecule has 0 aromatic heterocycles. The van der Waals surface area contributed by atoms with Crippen molar-refractivity contribution in [1.82, 2.24) is 5.06 Å². The number of hydroxylamine groups is 2. The first-order valence-corrected chi connectivity index (χ1v) is 6.04. The van der Waals surface area contributed by atoms with Gasteiger partial charge in [0.15, 0.2) is 0 Å². The predicted octanol–water partition coefficient (Wildman–Crippen LogP) is 1.14. The van der Waals surface area contributed by atoms with Crippen LogP contribution in [-0.2, 0) is 9.59 Å². The van der Waals surface area contributed by atoms with Gasteiger partial charge in [0, 0.05) is 12.6 Å². The van der Waals surface area contributed by atoms with Crippen molar-refractivity contribution in [3.05, 3.63) is 11.6 Å². The van der Waals surface area contributed by atoms with Crippen molar-refractivity contribution in [2.24, 2.45) is 5.73 Å². The Bertz CT molecular complexity index is 315. The number of carbonyl (C=O) groups is 2. The number of nitrogens with two attached hydrogens (primary N) is 1. The zero-order valence-electron chi connectivity index (χ0n) is 10.9. The van der Waals surface area contributed by atoms with Gasteiger partial charge in [0.25, 0.3) is 5.91 Å². The van der Waals surface area contributed by atoms with Gasteiger partial charge in [-0.15, -0.1) is 0 Å². The Morgan fingerprint density at radius 3 is 2.56 bits per heavy atom. The number of allylic oxidation sites excluding steroid dienone is 1. The van der Waals surface area contributed by atoms with Crippen LogP contribution in [0.15, 0.2) is 11.6 Å². The summed E-state index contributed by atoms with van der Waals surface area (Å²) >= 11 is 0. The van der Waals surface area contributed by atoms with Crippen molar-refractivity contribution in [1.29, 1.82) is 0 Å². The van der Waals surface area contributed by atoms with Crippen LogP contribution in [0.5, 0.6) is 0 Å². The molecule has 0 bridgehead atoms. The molecule has 0 saturated heterocycles. The van der Waals surface area contributed by atoms with Crippen molar-refractivity contribution < 1.29 is 19.9 Å². The van der Waals surface area contributed by atoms with Gasteiger partial charge >= 0.3 is 5.97 Å². The summed E-state index contributed by atoms with van der Waals surface area (Å²) in [4.78, 5) is 21.9. The number of aliphatic carboxylic acids is 1. The highest BCUT2D eigenvalue weighted by Gasteiger charge is 2.13. The number of nitrogens with zero attached hydrogens (tertiary/aromatic N) is 1. The number of amides is 1. The van der Waals surface area contributed by atoms with E-state index in [4.69, 9.17) is 10.8 Å². The Hall–Kier alpha value is -1.40. The van der Waals surface area contributed by atoms with Gasteiger partial charge in [-0.2, -0.15) is 0 Å². The lowest BCUT2D eigenvalue weighted by molar-refractivity contribution is -0.159. The summed E-state index contributed by atoms with van der Waals surface area (Å²) in [5.41, 5.74) is 6.21. The highest BCUT2D eigenvalue weighted by molar-refractivity contribution is 5.87. The van der Waals surface area contributed by atoms with Crippen LogP contribution >= 0.6 is 0 Å². The van der Waals surface area contributed by atoms with Crippen LogP contribution in [0.25, 0.3) is 0 Å². The van der Waals surface area contributed by atoms with Crippen LogP contribution in [0.4, 0.5) is 0 Å². The highest BCUT2D eigenvalue weighted by atomic mass is 16.5. The molecule has 0 aromatic rings. The molecule has 0 aliphatic heterocycles. The van der Waals surface area contributed by atoms with Gasteiger partial charge in [0.2, 0.25) is 0 Å². The smallest absolute Gasteiger partial charge is 0.320 e. The number of rotatable bonds is 8. The number of carbonyl (C=O) groups excluding carboxylic acids is 1. The number of carboxylic acid groups (broad SMARTS) is 1. The maximum absolute atomic E-state index is 11.5. The van der Waals surface area contributed by atoms with E-state index in [1.807, 2.05) is 13.8 Å². The zero-order valence-corrected chi connectivity index (χ0v) is 10.9. The molecule has 0 aliphatic rings. The summed E-state index contributed by atoms with van der Waals surface area (Å²) in [6, 6.07) is -0.953. The molecule has 18 heavy (non-hydrogen) atoms. The Balaban J connectivity index is 4.02. The molecule has 0 radical (unpaired) electrons. The highest BCUT2D eigenvalue weighted by Crippen LogP contribution is 2.04. The van der Waals surface area contributed by atoms with Gasteiger partial charge in [0.1, 0.15) is 6.04 Å². The average Bonchev–Trinajstić information content (AvgIpc) is 2.28. The minimum absolute atomic E-state index is 0.0791. The molecule has 4 N–H and O–H groups in total. The minimum Gasteiger partial charge on any atom is -0.480 e. The molecule has 104 valence electrons. The van der Waals surface area contributed by atoms with Crippen molar-refractivity contribution in [3.63, 3.8) is 0 Å². The molecule has 0 rings (SSSR count). The molecule has 0 fully saturated rings. The molecule has 1 unspecified atom stereocenters. The lowest BCUT2D eigenvalue weighted by Gasteiger charge is -2.14. The van der Waals surface area contributed by atoms with E-state index in [-0.39, 0.29) is 13.0 Å². The molecular weight excluding hydrogens is 236 g/mol. The van der Waals surface area contributed by atoms with Crippen molar-refractivity contribution in [3.8, 4) is 0 Å². The third-order valence-corrected chi connectivity index (χ3v) is 2.47. The predicted molar refractivity (Wildman–Crippen MR) is 67.0 cm³/mol. The number of carboxylic acids is 1. The molecule has 0 spiro atoms. The van der Waals surface area contributed by atoms with E-state index in [9.17, 15) is 14.8 Å². The molecule has 0 heterocycles. The molecule has 0 aromatic carbocycles. The molecule has 1 atom stereocenters. The Morgan fingerprint density at radius 2 is 2.06 bits per heavy atom. The van der Waals surface area contributed by atoms with Gasteiger partial charge in [-0.3, -0.25) is 14.8 Å². The van der Waals surface area contributed by atoms with Gasteiger partial charge in [-0.05, 0) is 26.2 Å². The molecule has 1 amide bonds. The van der Waals surface area contributed by atoms with E-state index in [0.717, 1.165) is 18.4 Å². The second kappa shape index (κ2) is 8.66. The van der Waals surface area contributed by atoms with E-state index in [0.29, 0.717) is 11.5 Å². The Kier molecular flexibility index (Phi) is 7.98. The SMILES string of the molecule is CCCC(C)=CC(=O)N(O)CCCC(N)C(=O)O. The number of hydrogen-bond donors (Lipinski definition) is 3. The van der Waals surface area contributed by atoms with Crippen LogP contribution in [0.2, 0.25) is 0 Å². The van der Waals surface area contributed by atoms with Crippen LogP contribution in [-0.4, -0.2) is 39.8 Å². The first kappa shape index (κ1) is 16.6. The Morgan fingerprint density at radius 1 is 1.44 bits per heavy atom. The Labute approximate surface area is 107 Å². The second-order valence-electron chi connectivity index (χ2n) is 4.29. The van der Waals surface area contributed by atoms with E-state index in [1.165, 1.54) is 6.08 Å². The summed E-state index contributed by atoms with van der Waals surface area (Å²) in [5, 5.41) is 18.6. The van der Waals surface area contributed by atoms with Gasteiger partial charge in [-0.1, -0.05) is 18.9 Å². The standard InChI is InChI=1S/C12H22N2O4/c1-3-5-9(2)8-11(15)14(18)7-4-6-10(13)12(16)17/h8,10,18H,3-7,13H2,1-2H3,(H,16,17). The summed E-state index contributed by atoms with van der Waals surface area (Å²) in [7, 11) is 0. The molecular formula is C12H22N2O4. The van der Waals surface area contributed by atoms with Gasteiger partial charge in [0.05, 0.1) is 0 Å². The topological polar surface area (TPSA) is 104 Å². The minimum atomic E-state index is -1.08. The normalized spacial score (nSPS) is 13.2. The lowest BCUT2D eigenvalue weighted by atomic mass is 10.1. The summed E-state index contributed by atoms with van der Waals surface area (Å²) in [5.74, 6) is -1.56. The van der Waals surface area contributed by atoms with Crippen LogP contribution < -0.4 is 5.73 Å². The zero-order chi connectivity index (χ0) is 14.1.